The highest BCUT2D eigenvalue weighted by atomic mass is 32.2. The van der Waals surface area contributed by atoms with Crippen LogP contribution in [0.1, 0.15) is 27.0 Å². The maximum atomic E-state index is 14.6. The number of hydrogen-bond acceptors (Lipinski definition) is 3. The van der Waals surface area contributed by atoms with Crippen LogP contribution in [0.2, 0.25) is 0 Å². The average molecular weight is 469 g/mol. The van der Waals surface area contributed by atoms with E-state index in [1.54, 1.807) is 0 Å². The molecule has 2 aromatic carbocycles. The third kappa shape index (κ3) is 3.46. The van der Waals surface area contributed by atoms with E-state index in [0.717, 1.165) is 22.2 Å². The molecule has 0 spiro atoms. The molecule has 11 heteroatoms. The summed E-state index contributed by atoms with van der Waals surface area (Å²) in [5.41, 5.74) is -2.58. The van der Waals surface area contributed by atoms with Crippen LogP contribution in [-0.2, 0) is 13.2 Å². The van der Waals surface area contributed by atoms with Crippen molar-refractivity contribution in [3.63, 3.8) is 0 Å². The second kappa shape index (κ2) is 7.73. The summed E-state index contributed by atoms with van der Waals surface area (Å²) >= 11 is -0.413. The Bertz CT molecular complexity index is 1370. The lowest BCUT2D eigenvalue weighted by Crippen LogP contribution is -2.13. The predicted octanol–water partition coefficient (Wildman–Crippen LogP) is 6.26. The molecule has 2 heterocycles. The second-order valence-electron chi connectivity index (χ2n) is 7.08. The molecule has 2 aromatic heterocycles. The molecule has 0 aliphatic heterocycles. The SMILES string of the molecule is Cc1cc(F)c2nc(-c3cc(C(=O)c4ccccc4C(F)(F)F)cn3C)n(SF)c2c1F. The van der Waals surface area contributed by atoms with Crippen molar-refractivity contribution in [3.05, 3.63) is 76.5 Å². The number of carbonyl (C=O) groups is 1. The van der Waals surface area contributed by atoms with Gasteiger partial charge in [-0.25, -0.2) is 17.7 Å². The third-order valence-corrected chi connectivity index (χ3v) is 5.50. The molecule has 0 fully saturated rings. The summed E-state index contributed by atoms with van der Waals surface area (Å²) in [5, 5.41) is 0. The van der Waals surface area contributed by atoms with Crippen LogP contribution in [-0.4, -0.2) is 19.3 Å². The minimum atomic E-state index is -4.74. The molecule has 0 atom stereocenters. The lowest BCUT2D eigenvalue weighted by atomic mass is 9.99. The van der Waals surface area contributed by atoms with Gasteiger partial charge in [0.2, 0.25) is 0 Å². The van der Waals surface area contributed by atoms with Crippen molar-refractivity contribution >= 4 is 29.2 Å². The van der Waals surface area contributed by atoms with Gasteiger partial charge in [-0.15, -0.1) is 3.89 Å². The fraction of sp³-hybridized carbons (Fsp3) is 0.143. The zero-order valence-corrected chi connectivity index (χ0v) is 17.3. The first-order chi connectivity index (χ1) is 15.0. The van der Waals surface area contributed by atoms with Crippen LogP contribution in [0.5, 0.6) is 0 Å². The molecular weight excluding hydrogens is 456 g/mol. The normalized spacial score (nSPS) is 12.0. The van der Waals surface area contributed by atoms with E-state index < -0.39 is 58.1 Å². The molecule has 4 aromatic rings. The van der Waals surface area contributed by atoms with E-state index in [2.05, 4.69) is 4.98 Å². The van der Waals surface area contributed by atoms with Crippen LogP contribution < -0.4 is 0 Å². The monoisotopic (exact) mass is 469 g/mol. The highest BCUT2D eigenvalue weighted by Crippen LogP contribution is 2.36. The lowest BCUT2D eigenvalue weighted by Gasteiger charge is -2.10. The molecule has 4 nitrogen and oxygen atoms in total. The molecule has 0 radical (unpaired) electrons. The molecule has 0 bridgehead atoms. The number of halogens is 6. The number of aryl methyl sites for hydroxylation is 2. The highest BCUT2D eigenvalue weighted by molar-refractivity contribution is 7.93. The summed E-state index contributed by atoms with van der Waals surface area (Å²) in [7, 11) is 1.45. The molecule has 0 saturated heterocycles. The number of fused-ring (bicyclic) bond motifs is 1. The van der Waals surface area contributed by atoms with Crippen molar-refractivity contribution in [2.45, 2.75) is 13.1 Å². The number of carbonyl (C=O) groups excluding carboxylic acids is 1. The van der Waals surface area contributed by atoms with Gasteiger partial charge in [0.1, 0.15) is 11.0 Å². The zero-order chi connectivity index (χ0) is 23.4. The van der Waals surface area contributed by atoms with Crippen LogP contribution >= 0.6 is 12.3 Å². The maximum Gasteiger partial charge on any atom is 0.417 e. The Balaban J connectivity index is 1.88. The number of hydrogen-bond donors (Lipinski definition) is 0. The van der Waals surface area contributed by atoms with Gasteiger partial charge in [-0.2, -0.15) is 13.2 Å². The van der Waals surface area contributed by atoms with E-state index in [0.29, 0.717) is 0 Å². The fourth-order valence-electron chi connectivity index (χ4n) is 3.50. The van der Waals surface area contributed by atoms with Crippen LogP contribution in [0, 0.1) is 18.6 Å². The fourth-order valence-corrected chi connectivity index (χ4v) is 3.93. The summed E-state index contributed by atoms with van der Waals surface area (Å²) in [4.78, 5) is 16.8. The van der Waals surface area contributed by atoms with Gasteiger partial charge >= 0.3 is 6.18 Å². The summed E-state index contributed by atoms with van der Waals surface area (Å²) in [5.74, 6) is -2.85. The Morgan fingerprint density at radius 2 is 1.81 bits per heavy atom. The number of benzene rings is 2. The van der Waals surface area contributed by atoms with Gasteiger partial charge in [-0.3, -0.25) is 4.79 Å². The largest absolute Gasteiger partial charge is 0.417 e. The molecule has 4 rings (SSSR count). The second-order valence-corrected chi connectivity index (χ2v) is 7.59. The smallest absolute Gasteiger partial charge is 0.347 e. The number of rotatable bonds is 4. The number of imidazole rings is 1. The quantitative estimate of drug-likeness (QED) is 0.262. The topological polar surface area (TPSA) is 39.8 Å². The molecule has 32 heavy (non-hydrogen) atoms. The van der Waals surface area contributed by atoms with E-state index in [9.17, 15) is 30.6 Å². The Labute approximate surface area is 181 Å². The average Bonchev–Trinajstić information content (AvgIpc) is 3.31. The first kappa shape index (κ1) is 22.0. The first-order valence-electron chi connectivity index (χ1n) is 9.08. The van der Waals surface area contributed by atoms with Crippen LogP contribution in [0.25, 0.3) is 22.6 Å². The van der Waals surface area contributed by atoms with Gasteiger partial charge in [0, 0.05) is 24.4 Å². The highest BCUT2D eigenvalue weighted by Gasteiger charge is 2.35. The Morgan fingerprint density at radius 3 is 2.47 bits per heavy atom. The minimum absolute atomic E-state index is 0.0525. The van der Waals surface area contributed by atoms with Gasteiger partial charge < -0.3 is 4.57 Å². The van der Waals surface area contributed by atoms with Crippen LogP contribution in [0.3, 0.4) is 0 Å². The Morgan fingerprint density at radius 1 is 1.12 bits per heavy atom. The van der Waals surface area contributed by atoms with Crippen LogP contribution in [0.15, 0.2) is 42.6 Å². The minimum Gasteiger partial charge on any atom is -0.347 e. The standard InChI is InChI=1S/C21H13F6N3OS/c1-10-7-14(22)17-18(16(10)23)30(32-27)20(28-17)15-8-11(9-29(15)2)19(31)12-5-3-4-6-13(12)21(24,25)26/h3-9H,1-2H3. The van der Waals surface area contributed by atoms with Crippen molar-refractivity contribution in [1.82, 2.24) is 13.5 Å². The van der Waals surface area contributed by atoms with Crippen molar-refractivity contribution < 1.29 is 30.6 Å². The summed E-state index contributed by atoms with van der Waals surface area (Å²) < 4.78 is 84.7. The van der Waals surface area contributed by atoms with Gasteiger partial charge in [-0.1, -0.05) is 18.2 Å². The molecule has 0 amide bonds. The van der Waals surface area contributed by atoms with Crippen molar-refractivity contribution in [2.24, 2.45) is 7.05 Å². The molecule has 0 aliphatic carbocycles. The van der Waals surface area contributed by atoms with Crippen LogP contribution in [0.4, 0.5) is 25.8 Å². The lowest BCUT2D eigenvalue weighted by molar-refractivity contribution is -0.137. The van der Waals surface area contributed by atoms with E-state index in [1.807, 2.05) is 0 Å². The molecule has 0 aliphatic rings. The number of ketones is 1. The van der Waals surface area contributed by atoms with E-state index >= 15 is 0 Å². The Hall–Kier alpha value is -3.21. The molecule has 0 N–H and O–H groups in total. The number of alkyl halides is 3. The predicted molar refractivity (Wildman–Crippen MR) is 108 cm³/mol. The summed E-state index contributed by atoms with van der Waals surface area (Å²) in [6.45, 7) is 1.31. The van der Waals surface area contributed by atoms with Gasteiger partial charge in [0.15, 0.2) is 35.6 Å². The summed E-state index contributed by atoms with van der Waals surface area (Å²) in [6.07, 6.45) is -3.50. The zero-order valence-electron chi connectivity index (χ0n) is 16.5. The molecule has 0 saturated carbocycles. The van der Waals surface area contributed by atoms with Gasteiger partial charge in [0.25, 0.3) is 0 Å². The van der Waals surface area contributed by atoms with E-state index in [4.69, 9.17) is 0 Å². The van der Waals surface area contributed by atoms with Crippen molar-refractivity contribution in [3.8, 4) is 11.5 Å². The number of aromatic nitrogens is 3. The first-order valence-corrected chi connectivity index (χ1v) is 9.75. The van der Waals surface area contributed by atoms with E-state index in [-0.39, 0.29) is 22.6 Å². The number of nitrogens with zero attached hydrogens (tertiary/aromatic N) is 3. The van der Waals surface area contributed by atoms with E-state index in [1.165, 1.54) is 42.9 Å². The third-order valence-electron chi connectivity index (χ3n) is 5.00. The molecule has 166 valence electrons. The molecular formula is C21H13F6N3OS. The molecule has 0 unspecified atom stereocenters. The van der Waals surface area contributed by atoms with Crippen molar-refractivity contribution in [2.75, 3.05) is 0 Å². The summed E-state index contributed by atoms with van der Waals surface area (Å²) in [6, 6.07) is 6.45. The maximum absolute atomic E-state index is 14.6. The van der Waals surface area contributed by atoms with Gasteiger partial charge in [0.05, 0.1) is 11.3 Å². The Kier molecular flexibility index (Phi) is 5.32. The van der Waals surface area contributed by atoms with Gasteiger partial charge in [-0.05, 0) is 30.7 Å². The van der Waals surface area contributed by atoms with Crippen molar-refractivity contribution in [1.29, 1.82) is 0 Å².